The third-order valence-electron chi connectivity index (χ3n) is 5.74. The van der Waals surface area contributed by atoms with Gasteiger partial charge in [0.05, 0.1) is 12.2 Å². The second kappa shape index (κ2) is 10.2. The number of carbonyl (C=O) groups is 3. The molecule has 2 N–H and O–H groups in total. The van der Waals surface area contributed by atoms with E-state index in [4.69, 9.17) is 4.74 Å². The molecule has 1 aliphatic heterocycles. The Morgan fingerprint density at radius 1 is 1.08 bits per heavy atom. The highest BCUT2D eigenvalue weighted by molar-refractivity contribution is 6.05. The first-order valence-corrected chi connectivity index (χ1v) is 11.8. The molecule has 3 amide bonds. The Balaban J connectivity index is 1.38. The number of pyridine rings is 1. The molecule has 186 valence electrons. The molecule has 4 rings (SSSR count). The maximum Gasteiger partial charge on any atom is 0.407 e. The van der Waals surface area contributed by atoms with Crippen LogP contribution in [-0.2, 0) is 16.1 Å². The summed E-state index contributed by atoms with van der Waals surface area (Å²) in [5.74, 6) is -0.497. The van der Waals surface area contributed by atoms with Crippen LogP contribution < -0.4 is 10.6 Å². The Kier molecular flexibility index (Phi) is 7.05. The number of fused-ring (bicyclic) bond motifs is 3. The van der Waals surface area contributed by atoms with E-state index in [0.717, 1.165) is 27.6 Å². The Hall–Kier alpha value is -4.20. The van der Waals surface area contributed by atoms with E-state index >= 15 is 0 Å². The van der Waals surface area contributed by atoms with Crippen molar-refractivity contribution in [2.24, 2.45) is 0 Å². The van der Waals surface area contributed by atoms with Gasteiger partial charge in [0.15, 0.2) is 0 Å². The molecular weight excluding hydrogens is 456 g/mol. The van der Waals surface area contributed by atoms with Crippen LogP contribution in [0.2, 0.25) is 0 Å². The second-order valence-electron chi connectivity index (χ2n) is 9.69. The van der Waals surface area contributed by atoms with Gasteiger partial charge in [-0.25, -0.2) is 4.79 Å². The average Bonchev–Trinajstić information content (AvgIpc) is 3.16. The van der Waals surface area contributed by atoms with E-state index in [1.54, 1.807) is 31.9 Å². The molecule has 3 aromatic rings. The minimum absolute atomic E-state index is 0.111. The molecule has 8 nitrogen and oxygen atoms in total. The second-order valence-corrected chi connectivity index (χ2v) is 9.69. The van der Waals surface area contributed by atoms with Gasteiger partial charge >= 0.3 is 6.09 Å². The largest absolute Gasteiger partial charge is 0.444 e. The number of nitrogens with one attached hydrogen (secondary N) is 2. The lowest BCUT2D eigenvalue weighted by atomic mass is 9.98. The molecule has 0 spiro atoms. The van der Waals surface area contributed by atoms with Gasteiger partial charge in [-0.3, -0.25) is 14.6 Å². The number of ether oxygens (including phenoxy) is 1. The molecule has 0 radical (unpaired) electrons. The summed E-state index contributed by atoms with van der Waals surface area (Å²) in [5, 5.41) is 7.33. The lowest BCUT2D eigenvalue weighted by molar-refractivity contribution is -0.117. The van der Waals surface area contributed by atoms with Crippen molar-refractivity contribution in [3.8, 4) is 11.3 Å². The molecule has 0 unspecified atom stereocenters. The summed E-state index contributed by atoms with van der Waals surface area (Å²) >= 11 is 0. The van der Waals surface area contributed by atoms with Crippen molar-refractivity contribution in [1.82, 2.24) is 20.5 Å². The molecule has 0 saturated carbocycles. The van der Waals surface area contributed by atoms with Crippen LogP contribution in [0, 0.1) is 0 Å². The third-order valence-corrected chi connectivity index (χ3v) is 5.74. The maximum absolute atomic E-state index is 13.1. The Morgan fingerprint density at radius 3 is 2.56 bits per heavy atom. The Bertz CT molecular complexity index is 1330. The molecule has 1 aliphatic rings. The molecule has 0 fully saturated rings. The van der Waals surface area contributed by atoms with Crippen molar-refractivity contribution in [2.75, 3.05) is 19.6 Å². The zero-order valence-electron chi connectivity index (χ0n) is 20.8. The van der Waals surface area contributed by atoms with Crippen molar-refractivity contribution in [3.05, 3.63) is 78.0 Å². The Morgan fingerprint density at radius 2 is 1.83 bits per heavy atom. The van der Waals surface area contributed by atoms with Gasteiger partial charge in [0.2, 0.25) is 5.91 Å². The summed E-state index contributed by atoms with van der Waals surface area (Å²) in [6.07, 6.45) is 1.21. The molecule has 0 aliphatic carbocycles. The maximum atomic E-state index is 13.1. The SMILES string of the molecule is C=C(CN1Cc2c(ccc3ccc(-c4ccccn4)cc23)C1=O)C(=O)NCCNC(=O)OC(C)(C)C. The molecule has 36 heavy (non-hydrogen) atoms. The van der Waals surface area contributed by atoms with Gasteiger partial charge in [0.25, 0.3) is 5.91 Å². The highest BCUT2D eigenvalue weighted by atomic mass is 16.6. The summed E-state index contributed by atoms with van der Waals surface area (Å²) in [6, 6.07) is 15.7. The summed E-state index contributed by atoms with van der Waals surface area (Å²) in [7, 11) is 0. The van der Waals surface area contributed by atoms with Crippen molar-refractivity contribution in [3.63, 3.8) is 0 Å². The van der Waals surface area contributed by atoms with Crippen LogP contribution in [0.4, 0.5) is 4.79 Å². The Labute approximate surface area is 210 Å². The zero-order valence-corrected chi connectivity index (χ0v) is 20.8. The van der Waals surface area contributed by atoms with Crippen LogP contribution in [0.1, 0.15) is 36.7 Å². The van der Waals surface area contributed by atoms with Gasteiger partial charge in [-0.1, -0.05) is 30.8 Å². The third kappa shape index (κ3) is 5.71. The summed E-state index contributed by atoms with van der Waals surface area (Å²) in [5.41, 5.74) is 3.09. The number of hydrogen-bond donors (Lipinski definition) is 2. The van der Waals surface area contributed by atoms with Crippen LogP contribution in [0.3, 0.4) is 0 Å². The monoisotopic (exact) mass is 486 g/mol. The highest BCUT2D eigenvalue weighted by Crippen LogP contribution is 2.33. The van der Waals surface area contributed by atoms with E-state index in [2.05, 4.69) is 28.3 Å². The lowest BCUT2D eigenvalue weighted by Crippen LogP contribution is -2.39. The molecule has 2 aromatic carbocycles. The number of hydrogen-bond acceptors (Lipinski definition) is 5. The zero-order chi connectivity index (χ0) is 25.9. The van der Waals surface area contributed by atoms with Gasteiger partial charge in [-0.2, -0.15) is 0 Å². The van der Waals surface area contributed by atoms with Gasteiger partial charge in [-0.15, -0.1) is 0 Å². The van der Waals surface area contributed by atoms with E-state index in [0.29, 0.717) is 12.1 Å². The van der Waals surface area contributed by atoms with Crippen molar-refractivity contribution >= 4 is 28.7 Å². The van der Waals surface area contributed by atoms with Crippen molar-refractivity contribution in [2.45, 2.75) is 32.9 Å². The fourth-order valence-electron chi connectivity index (χ4n) is 4.09. The number of amides is 3. The number of rotatable bonds is 7. The van der Waals surface area contributed by atoms with Gasteiger partial charge in [-0.05, 0) is 61.4 Å². The molecule has 0 bridgehead atoms. The van der Waals surface area contributed by atoms with Crippen LogP contribution in [0.15, 0.2) is 66.9 Å². The summed E-state index contributed by atoms with van der Waals surface area (Å²) in [4.78, 5) is 43.3. The van der Waals surface area contributed by atoms with E-state index in [9.17, 15) is 14.4 Å². The fraction of sp³-hybridized carbons (Fsp3) is 0.286. The smallest absolute Gasteiger partial charge is 0.407 e. The first-order valence-electron chi connectivity index (χ1n) is 11.8. The quantitative estimate of drug-likeness (QED) is 0.388. The average molecular weight is 487 g/mol. The van der Waals surface area contributed by atoms with Crippen LogP contribution in [0.25, 0.3) is 22.0 Å². The topological polar surface area (TPSA) is 101 Å². The molecule has 0 saturated heterocycles. The van der Waals surface area contributed by atoms with Crippen LogP contribution in [0.5, 0.6) is 0 Å². The number of benzene rings is 2. The first kappa shape index (κ1) is 24.9. The number of alkyl carbamates (subject to hydrolysis) is 1. The summed E-state index contributed by atoms with van der Waals surface area (Å²) in [6.45, 7) is 10.1. The van der Waals surface area contributed by atoms with Gasteiger partial charge < -0.3 is 20.3 Å². The molecule has 8 heteroatoms. The van der Waals surface area contributed by atoms with Crippen molar-refractivity contribution < 1.29 is 19.1 Å². The minimum Gasteiger partial charge on any atom is -0.444 e. The molecule has 2 heterocycles. The summed E-state index contributed by atoms with van der Waals surface area (Å²) < 4.78 is 5.16. The van der Waals surface area contributed by atoms with E-state index in [1.165, 1.54) is 0 Å². The highest BCUT2D eigenvalue weighted by Gasteiger charge is 2.30. The standard InChI is InChI=1S/C28H30N4O4/c1-18(25(33)30-13-14-31-27(35)36-28(2,3)4)16-32-17-23-21(26(32)34)11-10-19-8-9-20(15-22(19)23)24-7-5-6-12-29-24/h5-12,15H,1,13-14,16-17H2,2-4H3,(H,30,33)(H,31,35). The predicted molar refractivity (Wildman–Crippen MR) is 138 cm³/mol. The van der Waals surface area contributed by atoms with Gasteiger partial charge in [0, 0.05) is 42.5 Å². The molecule has 1 aromatic heterocycles. The van der Waals surface area contributed by atoms with Crippen molar-refractivity contribution in [1.29, 1.82) is 0 Å². The van der Waals surface area contributed by atoms with Crippen LogP contribution >= 0.6 is 0 Å². The number of nitrogens with zero attached hydrogens (tertiary/aromatic N) is 2. The molecular formula is C28H30N4O4. The normalized spacial score (nSPS) is 12.9. The predicted octanol–water partition coefficient (Wildman–Crippen LogP) is 4.05. The number of aromatic nitrogens is 1. The number of carbonyl (C=O) groups excluding carboxylic acids is 3. The van der Waals surface area contributed by atoms with E-state index in [-0.39, 0.29) is 37.0 Å². The lowest BCUT2D eigenvalue weighted by Gasteiger charge is -2.20. The van der Waals surface area contributed by atoms with Gasteiger partial charge in [0.1, 0.15) is 5.60 Å². The van der Waals surface area contributed by atoms with Crippen LogP contribution in [-0.4, -0.2) is 53.0 Å². The molecule has 0 atom stereocenters. The fourth-order valence-corrected chi connectivity index (χ4v) is 4.09. The minimum atomic E-state index is -0.590. The van der Waals surface area contributed by atoms with E-state index in [1.807, 2.05) is 42.5 Å². The van der Waals surface area contributed by atoms with E-state index < -0.39 is 11.7 Å². The first-order chi connectivity index (χ1) is 17.1.